The van der Waals surface area contributed by atoms with E-state index in [4.69, 9.17) is 0 Å². The number of aryl methyl sites for hydroxylation is 2. The second-order valence-corrected chi connectivity index (χ2v) is 5.86. The highest BCUT2D eigenvalue weighted by Crippen LogP contribution is 2.30. The van der Waals surface area contributed by atoms with Crippen LogP contribution < -0.4 is 5.32 Å². The zero-order valence-electron chi connectivity index (χ0n) is 10.4. The third-order valence-electron chi connectivity index (χ3n) is 3.32. The molecule has 0 unspecified atom stereocenters. The molecule has 1 amide bonds. The normalized spacial score (nSPS) is 13.9. The molecule has 1 heterocycles. The Kier molecular flexibility index (Phi) is 3.34. The van der Waals surface area contributed by atoms with Gasteiger partial charge in [0.15, 0.2) is 0 Å². The molecule has 1 aromatic heterocycles. The molecule has 98 valence electrons. The fourth-order valence-electron chi connectivity index (χ4n) is 2.33. The molecule has 0 radical (unpaired) electrons. The van der Waals surface area contributed by atoms with E-state index < -0.39 is 0 Å². The molecule has 2 nitrogen and oxygen atoms in total. The lowest BCUT2D eigenvalue weighted by Gasteiger charge is -2.08. The van der Waals surface area contributed by atoms with Crippen LogP contribution in [0.25, 0.3) is 0 Å². The number of halogens is 1. The molecule has 0 aliphatic heterocycles. The monoisotopic (exact) mass is 275 g/mol. The summed E-state index contributed by atoms with van der Waals surface area (Å²) in [5, 5.41) is 2.80. The summed E-state index contributed by atoms with van der Waals surface area (Å²) >= 11 is 1.58. The molecule has 0 fully saturated rings. The van der Waals surface area contributed by atoms with Crippen molar-refractivity contribution in [2.24, 2.45) is 0 Å². The molecule has 1 aliphatic carbocycles. The van der Waals surface area contributed by atoms with Gasteiger partial charge in [0.1, 0.15) is 5.82 Å². The van der Waals surface area contributed by atoms with Crippen molar-refractivity contribution in [3.8, 4) is 0 Å². The van der Waals surface area contributed by atoms with Crippen molar-refractivity contribution < 1.29 is 9.18 Å². The second-order valence-electron chi connectivity index (χ2n) is 4.73. The van der Waals surface area contributed by atoms with Crippen molar-refractivity contribution in [1.82, 2.24) is 0 Å². The van der Waals surface area contributed by atoms with E-state index in [0.717, 1.165) is 17.7 Å². The minimum Gasteiger partial charge on any atom is -0.321 e. The average Bonchev–Trinajstić information content (AvgIpc) is 2.85. The number of amides is 1. The molecule has 3 rings (SSSR count). The standard InChI is InChI=1S/C15H14FNOS/c16-11-5-7-12(8-6-11)17-15(18)14-9-10-3-1-2-4-13(10)19-14/h5-9H,1-4H2,(H,17,18). The van der Waals surface area contributed by atoms with Crippen molar-refractivity contribution in [1.29, 1.82) is 0 Å². The van der Waals surface area contributed by atoms with Gasteiger partial charge in [-0.25, -0.2) is 4.39 Å². The van der Waals surface area contributed by atoms with Crippen molar-refractivity contribution >= 4 is 22.9 Å². The van der Waals surface area contributed by atoms with E-state index in [1.54, 1.807) is 23.5 Å². The van der Waals surface area contributed by atoms with Crippen LogP contribution in [0.2, 0.25) is 0 Å². The second kappa shape index (κ2) is 5.13. The Bertz CT molecular complexity index is 580. The van der Waals surface area contributed by atoms with Crippen molar-refractivity contribution in [2.45, 2.75) is 25.7 Å². The van der Waals surface area contributed by atoms with Crippen LogP contribution in [0, 0.1) is 5.82 Å². The van der Waals surface area contributed by atoms with Crippen molar-refractivity contribution in [3.05, 3.63) is 51.5 Å². The lowest BCUT2D eigenvalue weighted by atomic mass is 9.99. The number of carbonyl (C=O) groups is 1. The Morgan fingerprint density at radius 1 is 1.16 bits per heavy atom. The van der Waals surface area contributed by atoms with Crippen LogP contribution >= 0.6 is 11.3 Å². The molecule has 0 bridgehead atoms. The number of fused-ring (bicyclic) bond motifs is 1. The molecule has 1 aromatic carbocycles. The molecule has 4 heteroatoms. The fourth-order valence-corrected chi connectivity index (χ4v) is 3.48. The van der Waals surface area contributed by atoms with E-state index in [2.05, 4.69) is 5.32 Å². The molecule has 1 N–H and O–H groups in total. The van der Waals surface area contributed by atoms with Crippen LogP contribution in [0.4, 0.5) is 10.1 Å². The number of hydrogen-bond acceptors (Lipinski definition) is 2. The predicted octanol–water partition coefficient (Wildman–Crippen LogP) is 4.02. The highest BCUT2D eigenvalue weighted by Gasteiger charge is 2.17. The van der Waals surface area contributed by atoms with Crippen LogP contribution in [0.3, 0.4) is 0 Å². The zero-order chi connectivity index (χ0) is 13.2. The number of benzene rings is 1. The summed E-state index contributed by atoms with van der Waals surface area (Å²) < 4.78 is 12.8. The highest BCUT2D eigenvalue weighted by molar-refractivity contribution is 7.14. The first-order valence-electron chi connectivity index (χ1n) is 6.41. The van der Waals surface area contributed by atoms with Gasteiger partial charge in [0, 0.05) is 10.6 Å². The number of thiophene rings is 1. The summed E-state index contributed by atoms with van der Waals surface area (Å²) in [7, 11) is 0. The van der Waals surface area contributed by atoms with Crippen LogP contribution in [0.5, 0.6) is 0 Å². The van der Waals surface area contributed by atoms with Gasteiger partial charge in [0.2, 0.25) is 0 Å². The molecular weight excluding hydrogens is 261 g/mol. The summed E-state index contributed by atoms with van der Waals surface area (Å²) in [4.78, 5) is 14.2. The average molecular weight is 275 g/mol. The lowest BCUT2D eigenvalue weighted by molar-refractivity contribution is 0.103. The number of hydrogen-bond donors (Lipinski definition) is 1. The highest BCUT2D eigenvalue weighted by atomic mass is 32.1. The predicted molar refractivity (Wildman–Crippen MR) is 75.3 cm³/mol. The van der Waals surface area contributed by atoms with Gasteiger partial charge in [-0.2, -0.15) is 0 Å². The maximum absolute atomic E-state index is 12.8. The largest absolute Gasteiger partial charge is 0.321 e. The minimum atomic E-state index is -0.301. The van der Waals surface area contributed by atoms with Gasteiger partial charge >= 0.3 is 0 Å². The van der Waals surface area contributed by atoms with Crippen molar-refractivity contribution in [2.75, 3.05) is 5.32 Å². The molecule has 0 spiro atoms. The third kappa shape index (κ3) is 2.68. The summed E-state index contributed by atoms with van der Waals surface area (Å²) in [5.74, 6) is -0.407. The Hall–Kier alpha value is -1.68. The van der Waals surface area contributed by atoms with Crippen LogP contribution in [0.1, 0.15) is 33.0 Å². The maximum Gasteiger partial charge on any atom is 0.265 e. The maximum atomic E-state index is 12.8. The first-order chi connectivity index (χ1) is 9.22. The number of anilines is 1. The van der Waals surface area contributed by atoms with E-state index in [-0.39, 0.29) is 11.7 Å². The number of nitrogens with one attached hydrogen (secondary N) is 1. The first-order valence-corrected chi connectivity index (χ1v) is 7.22. The van der Waals surface area contributed by atoms with E-state index in [1.807, 2.05) is 6.07 Å². The smallest absolute Gasteiger partial charge is 0.265 e. The molecule has 19 heavy (non-hydrogen) atoms. The van der Waals surface area contributed by atoms with Gasteiger partial charge in [-0.1, -0.05) is 0 Å². The molecule has 2 aromatic rings. The Morgan fingerprint density at radius 2 is 1.89 bits per heavy atom. The summed E-state index contributed by atoms with van der Waals surface area (Å²) in [5.41, 5.74) is 1.94. The van der Waals surface area contributed by atoms with Crippen LogP contribution in [0.15, 0.2) is 30.3 Å². The molecule has 1 aliphatic rings. The van der Waals surface area contributed by atoms with E-state index in [9.17, 15) is 9.18 Å². The summed E-state index contributed by atoms with van der Waals surface area (Å²) in [6, 6.07) is 7.82. The van der Waals surface area contributed by atoms with Gasteiger partial charge in [0.25, 0.3) is 5.91 Å². The zero-order valence-corrected chi connectivity index (χ0v) is 11.2. The fraction of sp³-hybridized carbons (Fsp3) is 0.267. The Balaban J connectivity index is 1.76. The minimum absolute atomic E-state index is 0.106. The summed E-state index contributed by atoms with van der Waals surface area (Å²) in [6.45, 7) is 0. The van der Waals surface area contributed by atoms with Gasteiger partial charge in [-0.15, -0.1) is 11.3 Å². The molecular formula is C15H14FNOS. The molecule has 0 atom stereocenters. The Morgan fingerprint density at radius 3 is 2.63 bits per heavy atom. The number of carbonyl (C=O) groups excluding carboxylic acids is 1. The van der Waals surface area contributed by atoms with Gasteiger partial charge in [0.05, 0.1) is 4.88 Å². The van der Waals surface area contributed by atoms with Crippen molar-refractivity contribution in [3.63, 3.8) is 0 Å². The van der Waals surface area contributed by atoms with Crippen LogP contribution in [-0.4, -0.2) is 5.91 Å². The summed E-state index contributed by atoms with van der Waals surface area (Å²) in [6.07, 6.45) is 4.59. The van der Waals surface area contributed by atoms with Gasteiger partial charge in [-0.05, 0) is 61.6 Å². The quantitative estimate of drug-likeness (QED) is 0.881. The third-order valence-corrected chi connectivity index (χ3v) is 4.56. The van der Waals surface area contributed by atoms with E-state index in [1.165, 1.54) is 35.4 Å². The number of rotatable bonds is 2. The van der Waals surface area contributed by atoms with Gasteiger partial charge in [-0.3, -0.25) is 4.79 Å². The Labute approximate surface area is 115 Å². The SMILES string of the molecule is O=C(Nc1ccc(F)cc1)c1cc2c(s1)CCCC2. The first kappa shape index (κ1) is 12.4. The van der Waals surface area contributed by atoms with E-state index in [0.29, 0.717) is 5.69 Å². The lowest BCUT2D eigenvalue weighted by Crippen LogP contribution is -2.09. The molecule has 0 saturated carbocycles. The van der Waals surface area contributed by atoms with E-state index >= 15 is 0 Å². The topological polar surface area (TPSA) is 29.1 Å². The molecule has 0 saturated heterocycles. The van der Waals surface area contributed by atoms with Gasteiger partial charge < -0.3 is 5.32 Å². The van der Waals surface area contributed by atoms with Crippen LogP contribution in [-0.2, 0) is 12.8 Å².